The van der Waals surface area contributed by atoms with Crippen molar-refractivity contribution in [2.75, 3.05) is 13.7 Å². The maximum atomic E-state index is 12.8. The molecule has 0 saturated carbocycles. The molecular formula is C20H23NO2. The number of nitrogens with zero attached hydrogens (tertiary/aromatic N) is 1. The molecule has 3 heteroatoms. The van der Waals surface area contributed by atoms with Gasteiger partial charge >= 0.3 is 0 Å². The third-order valence-corrected chi connectivity index (χ3v) is 4.53. The standard InChI is InChI=1S/C20H23NO2/c1-15-7-5-9-16(13-15)18-10-6-12-21(18)20(22)14-17-8-3-4-11-19(17)23-2/h3-5,7-9,11,13,18H,6,10,12,14H2,1-2H3. The summed E-state index contributed by atoms with van der Waals surface area (Å²) in [6.07, 6.45) is 2.50. The Bertz CT molecular complexity index is 696. The van der Waals surface area contributed by atoms with Crippen molar-refractivity contribution < 1.29 is 9.53 Å². The number of hydrogen-bond acceptors (Lipinski definition) is 2. The third-order valence-electron chi connectivity index (χ3n) is 4.53. The number of aryl methyl sites for hydroxylation is 1. The first-order chi connectivity index (χ1) is 11.2. The van der Waals surface area contributed by atoms with Crippen molar-refractivity contribution in [1.82, 2.24) is 4.90 Å². The van der Waals surface area contributed by atoms with Crippen molar-refractivity contribution in [3.63, 3.8) is 0 Å². The van der Waals surface area contributed by atoms with Crippen LogP contribution < -0.4 is 4.74 Å². The smallest absolute Gasteiger partial charge is 0.227 e. The second-order valence-electron chi connectivity index (χ2n) is 6.15. The van der Waals surface area contributed by atoms with E-state index in [9.17, 15) is 4.79 Å². The number of ether oxygens (including phenoxy) is 1. The van der Waals surface area contributed by atoms with Gasteiger partial charge in [0, 0.05) is 12.1 Å². The van der Waals surface area contributed by atoms with Crippen LogP contribution in [0.25, 0.3) is 0 Å². The third kappa shape index (κ3) is 3.39. The SMILES string of the molecule is COc1ccccc1CC(=O)N1CCCC1c1cccc(C)c1. The Labute approximate surface area is 137 Å². The molecule has 0 radical (unpaired) electrons. The molecule has 1 atom stereocenters. The van der Waals surface area contributed by atoms with E-state index < -0.39 is 0 Å². The molecule has 1 heterocycles. The van der Waals surface area contributed by atoms with Gasteiger partial charge in [0.05, 0.1) is 19.6 Å². The highest BCUT2D eigenvalue weighted by Gasteiger charge is 2.30. The Morgan fingerprint density at radius 2 is 2.04 bits per heavy atom. The van der Waals surface area contributed by atoms with Gasteiger partial charge in [-0.2, -0.15) is 0 Å². The Balaban J connectivity index is 1.78. The van der Waals surface area contributed by atoms with E-state index in [1.807, 2.05) is 29.2 Å². The first-order valence-electron chi connectivity index (χ1n) is 8.17. The molecule has 0 aliphatic carbocycles. The van der Waals surface area contributed by atoms with Crippen LogP contribution in [0.4, 0.5) is 0 Å². The fourth-order valence-electron chi connectivity index (χ4n) is 3.40. The average molecular weight is 309 g/mol. The van der Waals surface area contributed by atoms with E-state index >= 15 is 0 Å². The number of methoxy groups -OCH3 is 1. The normalized spacial score (nSPS) is 17.3. The zero-order chi connectivity index (χ0) is 16.2. The average Bonchev–Trinajstić information content (AvgIpc) is 3.05. The summed E-state index contributed by atoms with van der Waals surface area (Å²) in [4.78, 5) is 14.9. The molecule has 0 spiro atoms. The second-order valence-corrected chi connectivity index (χ2v) is 6.15. The van der Waals surface area contributed by atoms with E-state index in [1.165, 1.54) is 11.1 Å². The predicted octanol–water partition coefficient (Wildman–Crippen LogP) is 3.91. The fourth-order valence-corrected chi connectivity index (χ4v) is 3.40. The van der Waals surface area contributed by atoms with Gasteiger partial charge in [-0.15, -0.1) is 0 Å². The zero-order valence-corrected chi connectivity index (χ0v) is 13.8. The van der Waals surface area contributed by atoms with E-state index in [0.29, 0.717) is 6.42 Å². The Morgan fingerprint density at radius 3 is 2.83 bits per heavy atom. The van der Waals surface area contributed by atoms with Gasteiger partial charge in [-0.25, -0.2) is 0 Å². The molecule has 2 aromatic rings. The van der Waals surface area contributed by atoms with Crippen molar-refractivity contribution in [1.29, 1.82) is 0 Å². The summed E-state index contributed by atoms with van der Waals surface area (Å²) in [5, 5.41) is 0. The maximum absolute atomic E-state index is 12.8. The number of para-hydroxylation sites is 1. The Morgan fingerprint density at radius 1 is 1.22 bits per heavy atom. The molecule has 3 rings (SSSR count). The molecule has 1 aliphatic heterocycles. The van der Waals surface area contributed by atoms with Gasteiger partial charge in [0.2, 0.25) is 5.91 Å². The molecule has 0 N–H and O–H groups in total. The molecule has 1 fully saturated rings. The van der Waals surface area contributed by atoms with E-state index in [2.05, 4.69) is 31.2 Å². The first kappa shape index (κ1) is 15.6. The van der Waals surface area contributed by atoms with Gasteiger partial charge in [0.25, 0.3) is 0 Å². The molecule has 2 aromatic carbocycles. The van der Waals surface area contributed by atoms with E-state index in [1.54, 1.807) is 7.11 Å². The lowest BCUT2D eigenvalue weighted by molar-refractivity contribution is -0.131. The minimum absolute atomic E-state index is 0.179. The number of carbonyl (C=O) groups is 1. The van der Waals surface area contributed by atoms with Crippen LogP contribution in [-0.4, -0.2) is 24.5 Å². The highest BCUT2D eigenvalue weighted by molar-refractivity contribution is 5.80. The minimum Gasteiger partial charge on any atom is -0.496 e. The number of likely N-dealkylation sites (tertiary alicyclic amines) is 1. The van der Waals surface area contributed by atoms with E-state index in [-0.39, 0.29) is 11.9 Å². The highest BCUT2D eigenvalue weighted by Crippen LogP contribution is 2.33. The molecular weight excluding hydrogens is 286 g/mol. The monoisotopic (exact) mass is 309 g/mol. The number of rotatable bonds is 4. The molecule has 0 aromatic heterocycles. The van der Waals surface area contributed by atoms with Gasteiger partial charge < -0.3 is 9.64 Å². The summed E-state index contributed by atoms with van der Waals surface area (Å²) >= 11 is 0. The molecule has 23 heavy (non-hydrogen) atoms. The van der Waals surface area contributed by atoms with Gasteiger partial charge in [-0.3, -0.25) is 4.79 Å². The van der Waals surface area contributed by atoms with Gasteiger partial charge in [-0.05, 0) is 31.4 Å². The van der Waals surface area contributed by atoms with E-state index in [0.717, 1.165) is 30.7 Å². The van der Waals surface area contributed by atoms with Crippen LogP contribution >= 0.6 is 0 Å². The van der Waals surface area contributed by atoms with Crippen molar-refractivity contribution in [2.45, 2.75) is 32.2 Å². The second kappa shape index (κ2) is 6.86. The topological polar surface area (TPSA) is 29.5 Å². The predicted molar refractivity (Wildman–Crippen MR) is 91.6 cm³/mol. The number of amides is 1. The van der Waals surface area contributed by atoms with Crippen molar-refractivity contribution in [3.8, 4) is 5.75 Å². The van der Waals surface area contributed by atoms with Crippen molar-refractivity contribution in [2.24, 2.45) is 0 Å². The molecule has 3 nitrogen and oxygen atoms in total. The van der Waals surface area contributed by atoms with Crippen LogP contribution in [0.3, 0.4) is 0 Å². The quantitative estimate of drug-likeness (QED) is 0.857. The summed E-state index contributed by atoms with van der Waals surface area (Å²) < 4.78 is 5.37. The molecule has 1 unspecified atom stereocenters. The molecule has 0 bridgehead atoms. The number of hydrogen-bond donors (Lipinski definition) is 0. The zero-order valence-electron chi connectivity index (χ0n) is 13.8. The minimum atomic E-state index is 0.179. The Kier molecular flexibility index (Phi) is 4.65. The summed E-state index contributed by atoms with van der Waals surface area (Å²) in [5.74, 6) is 0.964. The molecule has 1 aliphatic rings. The maximum Gasteiger partial charge on any atom is 0.227 e. The van der Waals surface area contributed by atoms with Crippen molar-refractivity contribution >= 4 is 5.91 Å². The lowest BCUT2D eigenvalue weighted by atomic mass is 10.0. The van der Waals surface area contributed by atoms with Gasteiger partial charge in [-0.1, -0.05) is 48.0 Å². The first-order valence-corrected chi connectivity index (χ1v) is 8.17. The summed E-state index contributed by atoms with van der Waals surface area (Å²) in [5.41, 5.74) is 3.44. The fraction of sp³-hybridized carbons (Fsp3) is 0.350. The lowest BCUT2D eigenvalue weighted by Gasteiger charge is -2.26. The summed E-state index contributed by atoms with van der Waals surface area (Å²) in [6, 6.07) is 16.5. The Hall–Kier alpha value is -2.29. The van der Waals surface area contributed by atoms with Gasteiger partial charge in [0.1, 0.15) is 5.75 Å². The number of carbonyl (C=O) groups excluding carboxylic acids is 1. The largest absolute Gasteiger partial charge is 0.496 e. The van der Waals surface area contributed by atoms with E-state index in [4.69, 9.17) is 4.74 Å². The van der Waals surface area contributed by atoms with Crippen LogP contribution in [-0.2, 0) is 11.2 Å². The number of benzene rings is 2. The molecule has 1 saturated heterocycles. The molecule has 120 valence electrons. The van der Waals surface area contributed by atoms with Crippen LogP contribution in [0.2, 0.25) is 0 Å². The summed E-state index contributed by atoms with van der Waals surface area (Å²) in [7, 11) is 1.65. The van der Waals surface area contributed by atoms with Crippen LogP contribution in [0, 0.1) is 6.92 Å². The molecule has 1 amide bonds. The lowest BCUT2D eigenvalue weighted by Crippen LogP contribution is -2.32. The van der Waals surface area contributed by atoms with Gasteiger partial charge in [0.15, 0.2) is 0 Å². The highest BCUT2D eigenvalue weighted by atomic mass is 16.5. The summed E-state index contributed by atoms with van der Waals surface area (Å²) in [6.45, 7) is 2.94. The van der Waals surface area contributed by atoms with Crippen LogP contribution in [0.15, 0.2) is 48.5 Å². The van der Waals surface area contributed by atoms with Crippen molar-refractivity contribution in [3.05, 3.63) is 65.2 Å². The van der Waals surface area contributed by atoms with Crippen LogP contribution in [0.1, 0.15) is 35.6 Å². The van der Waals surface area contributed by atoms with Crippen LogP contribution in [0.5, 0.6) is 5.75 Å².